The van der Waals surface area contributed by atoms with Crippen molar-refractivity contribution in [1.29, 1.82) is 0 Å². The van der Waals surface area contributed by atoms with E-state index >= 15 is 0 Å². The fraction of sp³-hybridized carbons (Fsp3) is 0.176. The van der Waals surface area contributed by atoms with Crippen LogP contribution in [0.15, 0.2) is 42.5 Å². The number of carbonyl (C=O) groups excluding carboxylic acids is 2. The molecule has 0 aliphatic heterocycles. The van der Waals surface area contributed by atoms with Crippen LogP contribution in [-0.4, -0.2) is 30.3 Å². The average Bonchev–Trinajstić information content (AvgIpc) is 2.50. The summed E-state index contributed by atoms with van der Waals surface area (Å²) in [7, 11) is 1.47. The fourth-order valence-corrected chi connectivity index (χ4v) is 2.48. The Kier molecular flexibility index (Phi) is 6.17. The summed E-state index contributed by atoms with van der Waals surface area (Å²) >= 11 is 11.7. The number of hydrogen-bond donors (Lipinski definition) is 1. The lowest BCUT2D eigenvalue weighted by atomic mass is 10.1. The molecule has 2 rings (SSSR count). The molecule has 0 bridgehead atoms. The molecule has 1 N–H and O–H groups in total. The third-order valence-electron chi connectivity index (χ3n) is 3.30. The van der Waals surface area contributed by atoms with E-state index < -0.39 is 11.7 Å². The molecule has 2 amide bonds. The molecule has 0 saturated heterocycles. The highest BCUT2D eigenvalue weighted by molar-refractivity contribution is 6.31. The maximum Gasteiger partial charge on any atom is 0.243 e. The van der Waals surface area contributed by atoms with E-state index in [1.807, 2.05) is 0 Å². The van der Waals surface area contributed by atoms with E-state index in [0.29, 0.717) is 10.7 Å². The van der Waals surface area contributed by atoms with Gasteiger partial charge in [-0.2, -0.15) is 0 Å². The number of halogens is 3. The van der Waals surface area contributed by atoms with Gasteiger partial charge >= 0.3 is 0 Å². The van der Waals surface area contributed by atoms with Crippen LogP contribution >= 0.6 is 23.2 Å². The van der Waals surface area contributed by atoms with Gasteiger partial charge in [-0.05, 0) is 30.3 Å². The first kappa shape index (κ1) is 18.2. The molecule has 0 aliphatic rings. The van der Waals surface area contributed by atoms with Gasteiger partial charge in [-0.1, -0.05) is 35.3 Å². The molecule has 2 aromatic rings. The number of carbonyl (C=O) groups is 2. The summed E-state index contributed by atoms with van der Waals surface area (Å²) in [6, 6.07) is 10.9. The highest BCUT2D eigenvalue weighted by atomic mass is 35.5. The summed E-state index contributed by atoms with van der Waals surface area (Å²) in [5.41, 5.74) is 0.650. The molecule has 0 atom stereocenters. The van der Waals surface area contributed by atoms with Gasteiger partial charge in [0.25, 0.3) is 0 Å². The van der Waals surface area contributed by atoms with Gasteiger partial charge in [0.05, 0.1) is 13.0 Å². The maximum absolute atomic E-state index is 13.7. The number of anilines is 1. The highest BCUT2D eigenvalue weighted by Crippen LogP contribution is 2.20. The van der Waals surface area contributed by atoms with Gasteiger partial charge in [0.15, 0.2) is 0 Å². The fourth-order valence-electron chi connectivity index (χ4n) is 2.06. The van der Waals surface area contributed by atoms with Crippen molar-refractivity contribution in [2.75, 3.05) is 18.9 Å². The van der Waals surface area contributed by atoms with Crippen molar-refractivity contribution >= 4 is 40.7 Å². The smallest absolute Gasteiger partial charge is 0.243 e. The summed E-state index contributed by atoms with van der Waals surface area (Å²) in [5, 5.41) is 3.31. The van der Waals surface area contributed by atoms with Crippen LogP contribution in [0.4, 0.5) is 10.1 Å². The van der Waals surface area contributed by atoms with E-state index in [2.05, 4.69) is 5.32 Å². The molecule has 0 aromatic heterocycles. The Labute approximate surface area is 149 Å². The third-order valence-corrected chi connectivity index (χ3v) is 3.89. The number of nitrogens with zero attached hydrogens (tertiary/aromatic N) is 1. The number of nitrogens with one attached hydrogen (secondary N) is 1. The molecule has 7 heteroatoms. The average molecular weight is 369 g/mol. The highest BCUT2D eigenvalue weighted by Gasteiger charge is 2.17. The zero-order valence-corrected chi connectivity index (χ0v) is 14.4. The van der Waals surface area contributed by atoms with E-state index in [-0.39, 0.29) is 29.5 Å². The molecule has 0 radical (unpaired) electrons. The molecule has 4 nitrogen and oxygen atoms in total. The minimum atomic E-state index is -0.548. The third kappa shape index (κ3) is 4.94. The lowest BCUT2D eigenvalue weighted by molar-refractivity contribution is -0.132. The second-order valence-electron chi connectivity index (χ2n) is 5.19. The number of hydrogen-bond acceptors (Lipinski definition) is 2. The summed E-state index contributed by atoms with van der Waals surface area (Å²) in [6.07, 6.45) is -0.216. The molecule has 0 aliphatic carbocycles. The summed E-state index contributed by atoms with van der Waals surface area (Å²) in [5.74, 6) is -1.34. The quantitative estimate of drug-likeness (QED) is 0.872. The van der Waals surface area contributed by atoms with Crippen LogP contribution < -0.4 is 5.32 Å². The summed E-state index contributed by atoms with van der Waals surface area (Å²) in [4.78, 5) is 25.3. The van der Waals surface area contributed by atoms with Crippen LogP contribution in [-0.2, 0) is 16.0 Å². The predicted octanol–water partition coefficient (Wildman–Crippen LogP) is 3.77. The van der Waals surface area contributed by atoms with Crippen molar-refractivity contribution in [2.45, 2.75) is 6.42 Å². The SMILES string of the molecule is CN(CC(=O)Nc1cccc(Cl)c1)C(=O)Cc1c(F)cccc1Cl. The molecule has 24 heavy (non-hydrogen) atoms. The molecule has 0 heterocycles. The molecule has 0 saturated carbocycles. The van der Waals surface area contributed by atoms with Gasteiger partial charge in [-0.3, -0.25) is 9.59 Å². The van der Waals surface area contributed by atoms with Crippen molar-refractivity contribution in [3.05, 3.63) is 63.9 Å². The largest absolute Gasteiger partial charge is 0.336 e. The molecule has 0 fully saturated rings. The van der Waals surface area contributed by atoms with E-state index in [0.717, 1.165) is 0 Å². The van der Waals surface area contributed by atoms with Gasteiger partial charge in [0.2, 0.25) is 11.8 Å². The first-order chi connectivity index (χ1) is 11.4. The Bertz CT molecular complexity index is 748. The second kappa shape index (κ2) is 8.13. The monoisotopic (exact) mass is 368 g/mol. The van der Waals surface area contributed by atoms with Crippen molar-refractivity contribution in [3.8, 4) is 0 Å². The predicted molar refractivity (Wildman–Crippen MR) is 92.8 cm³/mol. The van der Waals surface area contributed by atoms with Gasteiger partial charge < -0.3 is 10.2 Å². The molecular formula is C17H15Cl2FN2O2. The molecule has 126 valence electrons. The van der Waals surface area contributed by atoms with E-state index in [1.54, 1.807) is 24.3 Å². The van der Waals surface area contributed by atoms with Crippen LogP contribution in [0.2, 0.25) is 10.0 Å². The maximum atomic E-state index is 13.7. The van der Waals surface area contributed by atoms with Gasteiger partial charge in [0.1, 0.15) is 5.82 Å². The Morgan fingerprint density at radius 2 is 1.88 bits per heavy atom. The van der Waals surface area contributed by atoms with E-state index in [9.17, 15) is 14.0 Å². The lowest BCUT2D eigenvalue weighted by Gasteiger charge is -2.17. The molecule has 2 aromatic carbocycles. The van der Waals surface area contributed by atoms with Crippen molar-refractivity contribution < 1.29 is 14.0 Å². The van der Waals surface area contributed by atoms with Crippen molar-refractivity contribution in [1.82, 2.24) is 4.90 Å². The zero-order chi connectivity index (χ0) is 17.7. The van der Waals surface area contributed by atoms with E-state index in [1.165, 1.54) is 30.1 Å². The minimum Gasteiger partial charge on any atom is -0.336 e. The van der Waals surface area contributed by atoms with Crippen molar-refractivity contribution in [2.24, 2.45) is 0 Å². The Morgan fingerprint density at radius 1 is 1.17 bits per heavy atom. The first-order valence-electron chi connectivity index (χ1n) is 7.09. The number of rotatable bonds is 5. The normalized spacial score (nSPS) is 10.3. The summed E-state index contributed by atoms with van der Waals surface area (Å²) < 4.78 is 13.7. The number of benzene rings is 2. The van der Waals surface area contributed by atoms with Gasteiger partial charge in [0, 0.05) is 28.3 Å². The lowest BCUT2D eigenvalue weighted by Crippen LogP contribution is -2.36. The van der Waals surface area contributed by atoms with Crippen LogP contribution in [0, 0.1) is 5.82 Å². The second-order valence-corrected chi connectivity index (χ2v) is 6.03. The van der Waals surface area contributed by atoms with Crippen LogP contribution in [0.1, 0.15) is 5.56 Å². The van der Waals surface area contributed by atoms with Crippen molar-refractivity contribution in [3.63, 3.8) is 0 Å². The van der Waals surface area contributed by atoms with Crippen LogP contribution in [0.25, 0.3) is 0 Å². The molecule has 0 unspecified atom stereocenters. The van der Waals surface area contributed by atoms with E-state index in [4.69, 9.17) is 23.2 Å². The van der Waals surface area contributed by atoms with Crippen LogP contribution in [0.3, 0.4) is 0 Å². The Morgan fingerprint density at radius 3 is 2.54 bits per heavy atom. The topological polar surface area (TPSA) is 49.4 Å². The number of likely N-dealkylation sites (N-methyl/N-ethyl adjacent to an activating group) is 1. The Hall–Kier alpha value is -2.11. The first-order valence-corrected chi connectivity index (χ1v) is 7.84. The Balaban J connectivity index is 1.95. The van der Waals surface area contributed by atoms with Crippen LogP contribution in [0.5, 0.6) is 0 Å². The van der Waals surface area contributed by atoms with Gasteiger partial charge in [-0.25, -0.2) is 4.39 Å². The minimum absolute atomic E-state index is 0.117. The number of amides is 2. The standard InChI is InChI=1S/C17H15Cl2FN2O2/c1-22(10-16(23)21-12-5-2-4-11(18)8-12)17(24)9-13-14(19)6-3-7-15(13)20/h2-8H,9-10H2,1H3,(H,21,23). The molecule has 0 spiro atoms. The summed E-state index contributed by atoms with van der Waals surface area (Å²) in [6.45, 7) is -0.169. The van der Waals surface area contributed by atoms with Gasteiger partial charge in [-0.15, -0.1) is 0 Å². The zero-order valence-electron chi connectivity index (χ0n) is 12.9. The molecular weight excluding hydrogens is 354 g/mol.